The van der Waals surface area contributed by atoms with Crippen LogP contribution in [-0.2, 0) is 11.2 Å². The molecule has 1 aromatic rings. The number of carbonyl (C=O) groups is 1. The van der Waals surface area contributed by atoms with Crippen LogP contribution in [-0.4, -0.2) is 5.97 Å². The molecule has 0 radical (unpaired) electrons. The van der Waals surface area contributed by atoms with Gasteiger partial charge in [-0.05, 0) is 62.1 Å². The van der Waals surface area contributed by atoms with E-state index in [1.54, 1.807) is 0 Å². The standard InChI is InChI=1S/C19H24O2/c1-3-5-15-7-11-17(12-8-15)19(20)21-18-13-9-16(6-4-2)10-14-18/h3-4,9-10,13-15,17H,1-2,5-8,11-12H2/t15-,17-. The van der Waals surface area contributed by atoms with Gasteiger partial charge in [-0.1, -0.05) is 24.3 Å². The largest absolute Gasteiger partial charge is 0.426 e. The summed E-state index contributed by atoms with van der Waals surface area (Å²) in [5.41, 5.74) is 1.18. The molecule has 0 unspecified atom stereocenters. The second-order valence-electron chi connectivity index (χ2n) is 5.80. The van der Waals surface area contributed by atoms with E-state index in [2.05, 4.69) is 13.2 Å². The zero-order chi connectivity index (χ0) is 15.1. The normalized spacial score (nSPS) is 21.5. The highest BCUT2D eigenvalue weighted by Gasteiger charge is 2.27. The van der Waals surface area contributed by atoms with Crippen molar-refractivity contribution >= 4 is 5.97 Å². The Labute approximate surface area is 127 Å². The van der Waals surface area contributed by atoms with Gasteiger partial charge in [-0.25, -0.2) is 0 Å². The van der Waals surface area contributed by atoms with E-state index in [1.807, 2.05) is 36.4 Å². The maximum atomic E-state index is 12.2. The van der Waals surface area contributed by atoms with Gasteiger partial charge >= 0.3 is 5.97 Å². The maximum Gasteiger partial charge on any atom is 0.314 e. The summed E-state index contributed by atoms with van der Waals surface area (Å²) in [7, 11) is 0. The molecule has 0 N–H and O–H groups in total. The zero-order valence-electron chi connectivity index (χ0n) is 12.6. The van der Waals surface area contributed by atoms with Crippen LogP contribution in [0.1, 0.15) is 37.7 Å². The highest BCUT2D eigenvalue weighted by atomic mass is 16.5. The molecule has 1 fully saturated rings. The third kappa shape index (κ3) is 4.59. The van der Waals surface area contributed by atoms with Crippen LogP contribution >= 0.6 is 0 Å². The molecule has 2 rings (SSSR count). The number of hydrogen-bond acceptors (Lipinski definition) is 2. The number of rotatable bonds is 6. The third-order valence-electron chi connectivity index (χ3n) is 4.20. The van der Waals surface area contributed by atoms with Gasteiger partial charge in [-0.3, -0.25) is 4.79 Å². The average Bonchev–Trinajstić information content (AvgIpc) is 2.50. The van der Waals surface area contributed by atoms with E-state index in [-0.39, 0.29) is 11.9 Å². The molecule has 0 saturated heterocycles. The van der Waals surface area contributed by atoms with Gasteiger partial charge in [0.25, 0.3) is 0 Å². The van der Waals surface area contributed by atoms with Crippen LogP contribution in [0.4, 0.5) is 0 Å². The second-order valence-corrected chi connectivity index (χ2v) is 5.80. The first kappa shape index (κ1) is 15.6. The van der Waals surface area contributed by atoms with Gasteiger partial charge < -0.3 is 4.74 Å². The quantitative estimate of drug-likeness (QED) is 0.430. The molecule has 1 saturated carbocycles. The molecule has 1 aliphatic rings. The summed E-state index contributed by atoms with van der Waals surface area (Å²) in [5.74, 6) is 1.31. The van der Waals surface area contributed by atoms with E-state index >= 15 is 0 Å². The fourth-order valence-electron chi connectivity index (χ4n) is 2.93. The Hall–Kier alpha value is -1.83. The number of carbonyl (C=O) groups excluding carboxylic acids is 1. The minimum absolute atomic E-state index is 0.0546. The highest BCUT2D eigenvalue weighted by Crippen LogP contribution is 2.32. The van der Waals surface area contributed by atoms with Gasteiger partial charge in [-0.2, -0.15) is 0 Å². The lowest BCUT2D eigenvalue weighted by atomic mass is 9.80. The van der Waals surface area contributed by atoms with E-state index in [9.17, 15) is 4.79 Å². The van der Waals surface area contributed by atoms with Crippen LogP contribution in [0.25, 0.3) is 0 Å². The number of allylic oxidation sites excluding steroid dienone is 2. The number of hydrogen-bond donors (Lipinski definition) is 0. The molecule has 1 aliphatic carbocycles. The molecule has 0 aliphatic heterocycles. The predicted molar refractivity (Wildman–Crippen MR) is 86.2 cm³/mol. The van der Waals surface area contributed by atoms with E-state index in [1.165, 1.54) is 5.56 Å². The van der Waals surface area contributed by atoms with Gasteiger partial charge in [0.2, 0.25) is 0 Å². The van der Waals surface area contributed by atoms with Crippen LogP contribution in [0.3, 0.4) is 0 Å². The molecular weight excluding hydrogens is 260 g/mol. The Morgan fingerprint density at radius 3 is 2.33 bits per heavy atom. The first-order valence-corrected chi connectivity index (χ1v) is 7.75. The molecule has 0 atom stereocenters. The van der Waals surface area contributed by atoms with Crippen molar-refractivity contribution in [2.24, 2.45) is 11.8 Å². The van der Waals surface area contributed by atoms with Crippen LogP contribution in [0.5, 0.6) is 5.75 Å². The molecule has 0 amide bonds. The first-order chi connectivity index (χ1) is 10.2. The van der Waals surface area contributed by atoms with Crippen molar-refractivity contribution in [3.05, 3.63) is 55.1 Å². The highest BCUT2D eigenvalue weighted by molar-refractivity contribution is 5.75. The molecule has 112 valence electrons. The van der Waals surface area contributed by atoms with Crippen molar-refractivity contribution in [1.82, 2.24) is 0 Å². The summed E-state index contributed by atoms with van der Waals surface area (Å²) >= 11 is 0. The van der Waals surface area contributed by atoms with Crippen molar-refractivity contribution < 1.29 is 9.53 Å². The fourth-order valence-corrected chi connectivity index (χ4v) is 2.93. The van der Waals surface area contributed by atoms with Gasteiger partial charge in [-0.15, -0.1) is 13.2 Å². The second kappa shape index (κ2) is 7.82. The fraction of sp³-hybridized carbons (Fsp3) is 0.421. The lowest BCUT2D eigenvalue weighted by molar-refractivity contribution is -0.140. The smallest absolute Gasteiger partial charge is 0.314 e. The minimum Gasteiger partial charge on any atom is -0.426 e. The Morgan fingerprint density at radius 2 is 1.76 bits per heavy atom. The van der Waals surface area contributed by atoms with Gasteiger partial charge in [0.05, 0.1) is 5.92 Å². The SMILES string of the molecule is C=CCc1ccc(OC(=O)[C@H]2CC[C@H](CC=C)CC2)cc1. The number of esters is 1. The molecule has 1 aromatic carbocycles. The zero-order valence-corrected chi connectivity index (χ0v) is 12.6. The van der Waals surface area contributed by atoms with Crippen molar-refractivity contribution in [1.29, 1.82) is 0 Å². The molecule has 2 nitrogen and oxygen atoms in total. The van der Waals surface area contributed by atoms with Crippen LogP contribution in [0, 0.1) is 11.8 Å². The van der Waals surface area contributed by atoms with Crippen molar-refractivity contribution in [2.75, 3.05) is 0 Å². The lowest BCUT2D eigenvalue weighted by Crippen LogP contribution is -2.25. The molecule has 0 heterocycles. The van der Waals surface area contributed by atoms with Gasteiger partial charge in [0, 0.05) is 0 Å². The summed E-state index contributed by atoms with van der Waals surface area (Å²) in [5, 5.41) is 0. The van der Waals surface area contributed by atoms with Crippen molar-refractivity contribution in [3.63, 3.8) is 0 Å². The van der Waals surface area contributed by atoms with Gasteiger partial charge in [0.15, 0.2) is 0 Å². The van der Waals surface area contributed by atoms with E-state index in [4.69, 9.17) is 4.74 Å². The van der Waals surface area contributed by atoms with E-state index < -0.39 is 0 Å². The summed E-state index contributed by atoms with van der Waals surface area (Å²) in [6, 6.07) is 7.68. The predicted octanol–water partition coefficient (Wildman–Crippen LogP) is 4.70. The maximum absolute atomic E-state index is 12.2. The Kier molecular flexibility index (Phi) is 5.79. The van der Waals surface area contributed by atoms with Crippen molar-refractivity contribution in [2.45, 2.75) is 38.5 Å². The minimum atomic E-state index is -0.0801. The number of benzene rings is 1. The van der Waals surface area contributed by atoms with Gasteiger partial charge in [0.1, 0.15) is 5.75 Å². The topological polar surface area (TPSA) is 26.3 Å². The monoisotopic (exact) mass is 284 g/mol. The Bertz CT molecular complexity index is 479. The van der Waals surface area contributed by atoms with E-state index in [0.29, 0.717) is 11.7 Å². The van der Waals surface area contributed by atoms with E-state index in [0.717, 1.165) is 38.5 Å². The van der Waals surface area contributed by atoms with Crippen LogP contribution in [0.15, 0.2) is 49.6 Å². The Balaban J connectivity index is 1.84. The molecule has 21 heavy (non-hydrogen) atoms. The third-order valence-corrected chi connectivity index (χ3v) is 4.20. The summed E-state index contributed by atoms with van der Waals surface area (Å²) < 4.78 is 5.50. The van der Waals surface area contributed by atoms with Crippen LogP contribution in [0.2, 0.25) is 0 Å². The summed E-state index contributed by atoms with van der Waals surface area (Å²) in [6.45, 7) is 7.50. The molecule has 0 aromatic heterocycles. The summed E-state index contributed by atoms with van der Waals surface area (Å²) in [6.07, 6.45) is 9.82. The Morgan fingerprint density at radius 1 is 1.10 bits per heavy atom. The number of ether oxygens (including phenoxy) is 1. The molecular formula is C19H24O2. The first-order valence-electron chi connectivity index (χ1n) is 7.75. The summed E-state index contributed by atoms with van der Waals surface area (Å²) in [4.78, 5) is 12.2. The van der Waals surface area contributed by atoms with Crippen LogP contribution < -0.4 is 4.74 Å². The lowest BCUT2D eigenvalue weighted by Gasteiger charge is -2.26. The van der Waals surface area contributed by atoms with Crippen molar-refractivity contribution in [3.8, 4) is 5.75 Å². The average molecular weight is 284 g/mol. The molecule has 0 spiro atoms. The molecule has 2 heteroatoms. The molecule has 0 bridgehead atoms.